The number of carbonyl (C=O) groups excluding carboxylic acids is 1. The largest absolute Gasteiger partial charge is 0.491 e. The lowest BCUT2D eigenvalue weighted by Gasteiger charge is -2.30. The van der Waals surface area contributed by atoms with Gasteiger partial charge in [-0.15, -0.1) is 0 Å². The molecule has 1 atom stereocenters. The number of rotatable bonds is 4. The Morgan fingerprint density at radius 2 is 1.95 bits per heavy atom. The van der Waals surface area contributed by atoms with Crippen LogP contribution < -0.4 is 15.4 Å². The molecule has 1 unspecified atom stereocenters. The van der Waals surface area contributed by atoms with Gasteiger partial charge < -0.3 is 15.4 Å². The second kappa shape index (κ2) is 6.86. The van der Waals surface area contributed by atoms with Crippen molar-refractivity contribution >= 4 is 46.3 Å². The van der Waals surface area contributed by atoms with Gasteiger partial charge in [-0.05, 0) is 50.7 Å². The fourth-order valence-electron chi connectivity index (χ4n) is 2.44. The predicted octanol–water partition coefficient (Wildman–Crippen LogP) is 3.77. The number of hydrogen-bond donors (Lipinski definition) is 2. The van der Waals surface area contributed by atoms with Crippen molar-refractivity contribution in [3.05, 3.63) is 39.0 Å². The summed E-state index contributed by atoms with van der Waals surface area (Å²) < 4.78 is 5.42. The van der Waals surface area contributed by atoms with E-state index >= 15 is 0 Å². The zero-order valence-corrected chi connectivity index (χ0v) is 14.7. The van der Waals surface area contributed by atoms with E-state index < -0.39 is 6.04 Å². The molecule has 0 saturated carbocycles. The van der Waals surface area contributed by atoms with E-state index in [1.807, 2.05) is 13.8 Å². The highest BCUT2D eigenvalue weighted by atomic mass is 35.5. The molecule has 1 aromatic carbocycles. The average Bonchev–Trinajstić information content (AvgIpc) is 2.41. The van der Waals surface area contributed by atoms with Gasteiger partial charge in [0.05, 0.1) is 22.7 Å². The molecule has 0 amide bonds. The number of ether oxygens (including phenoxy) is 1. The molecule has 0 bridgehead atoms. The Morgan fingerprint density at radius 1 is 1.36 bits per heavy atom. The van der Waals surface area contributed by atoms with E-state index in [-0.39, 0.29) is 5.78 Å². The summed E-state index contributed by atoms with van der Waals surface area (Å²) in [5.41, 5.74) is 2.08. The van der Waals surface area contributed by atoms with Crippen LogP contribution >= 0.6 is 35.4 Å². The topological polar surface area (TPSA) is 50.4 Å². The van der Waals surface area contributed by atoms with Crippen molar-refractivity contribution in [1.29, 1.82) is 0 Å². The van der Waals surface area contributed by atoms with E-state index in [1.165, 1.54) is 6.92 Å². The number of benzene rings is 1. The lowest BCUT2D eigenvalue weighted by atomic mass is 9.93. The number of hydrogen-bond acceptors (Lipinski definition) is 3. The van der Waals surface area contributed by atoms with E-state index in [0.717, 1.165) is 11.3 Å². The van der Waals surface area contributed by atoms with Crippen molar-refractivity contribution in [1.82, 2.24) is 10.6 Å². The Balaban J connectivity index is 2.52. The predicted molar refractivity (Wildman–Crippen MR) is 92.6 cm³/mol. The second-order valence-corrected chi connectivity index (χ2v) is 6.10. The zero-order valence-electron chi connectivity index (χ0n) is 12.4. The van der Waals surface area contributed by atoms with E-state index in [0.29, 0.717) is 33.1 Å². The maximum atomic E-state index is 12.0. The van der Waals surface area contributed by atoms with Crippen LogP contribution in [0, 0.1) is 0 Å². The second-order valence-electron chi connectivity index (χ2n) is 4.87. The molecule has 1 aliphatic rings. The molecule has 0 aliphatic carbocycles. The fraction of sp³-hybridized carbons (Fsp3) is 0.333. The number of Topliss-reactive ketones (excluding diaryl/α,β-unsaturated/α-hetero) is 1. The number of allylic oxidation sites excluding steroid dienone is 1. The molecular formula is C15H16Cl2N2O2S. The number of halogens is 2. The Bertz CT molecular complexity index is 651. The third-order valence-corrected chi connectivity index (χ3v) is 4.07. The minimum atomic E-state index is -0.392. The van der Waals surface area contributed by atoms with Crippen molar-refractivity contribution in [3.8, 4) is 5.75 Å². The van der Waals surface area contributed by atoms with E-state index in [4.69, 9.17) is 40.2 Å². The van der Waals surface area contributed by atoms with Gasteiger partial charge in [0.25, 0.3) is 0 Å². The van der Waals surface area contributed by atoms with Gasteiger partial charge >= 0.3 is 0 Å². The molecule has 2 rings (SSSR count). The van der Waals surface area contributed by atoms with Crippen LogP contribution in [0.1, 0.15) is 32.4 Å². The highest BCUT2D eigenvalue weighted by Crippen LogP contribution is 2.38. The maximum Gasteiger partial charge on any atom is 0.171 e. The van der Waals surface area contributed by atoms with Crippen LogP contribution in [-0.2, 0) is 4.79 Å². The number of ketones is 1. The van der Waals surface area contributed by atoms with Gasteiger partial charge in [0.2, 0.25) is 0 Å². The highest BCUT2D eigenvalue weighted by molar-refractivity contribution is 7.80. The van der Waals surface area contributed by atoms with Crippen LogP contribution in [0.2, 0.25) is 10.0 Å². The smallest absolute Gasteiger partial charge is 0.171 e. The molecule has 0 aromatic heterocycles. The third-order valence-electron chi connectivity index (χ3n) is 3.29. The number of nitrogens with one attached hydrogen (secondary N) is 2. The fourth-order valence-corrected chi connectivity index (χ4v) is 3.32. The molecule has 1 aliphatic heterocycles. The van der Waals surface area contributed by atoms with Crippen LogP contribution in [0.5, 0.6) is 5.75 Å². The zero-order chi connectivity index (χ0) is 16.4. The maximum absolute atomic E-state index is 12.0. The van der Waals surface area contributed by atoms with Gasteiger partial charge in [0.1, 0.15) is 0 Å². The van der Waals surface area contributed by atoms with E-state index in [1.54, 1.807) is 12.1 Å². The van der Waals surface area contributed by atoms with Crippen molar-refractivity contribution < 1.29 is 9.53 Å². The summed E-state index contributed by atoms with van der Waals surface area (Å²) in [6.45, 7) is 5.65. The molecule has 0 saturated heterocycles. The van der Waals surface area contributed by atoms with Crippen LogP contribution in [0.3, 0.4) is 0 Å². The summed E-state index contributed by atoms with van der Waals surface area (Å²) in [5.74, 6) is 0.391. The summed E-state index contributed by atoms with van der Waals surface area (Å²) in [5, 5.41) is 7.29. The van der Waals surface area contributed by atoms with Crippen LogP contribution in [0.4, 0.5) is 0 Å². The molecule has 4 nitrogen and oxygen atoms in total. The summed E-state index contributed by atoms with van der Waals surface area (Å²) in [7, 11) is 0. The summed E-state index contributed by atoms with van der Waals surface area (Å²) in [6, 6.07) is 3.08. The van der Waals surface area contributed by atoms with Crippen molar-refractivity contribution in [2.75, 3.05) is 6.61 Å². The van der Waals surface area contributed by atoms with Crippen LogP contribution in [-0.4, -0.2) is 17.5 Å². The Morgan fingerprint density at radius 3 is 2.45 bits per heavy atom. The molecule has 0 radical (unpaired) electrons. The first-order valence-electron chi connectivity index (χ1n) is 6.76. The summed E-state index contributed by atoms with van der Waals surface area (Å²) in [4.78, 5) is 12.0. The molecule has 1 heterocycles. The molecule has 7 heteroatoms. The lowest BCUT2D eigenvalue weighted by Crippen LogP contribution is -2.44. The molecule has 0 spiro atoms. The first-order chi connectivity index (χ1) is 10.3. The normalized spacial score (nSPS) is 17.9. The van der Waals surface area contributed by atoms with Gasteiger partial charge in [-0.2, -0.15) is 0 Å². The SMILES string of the molecule is CCOc1c(Cl)cc(C2NC(=S)NC(C)=C2C(C)=O)cc1Cl. The minimum Gasteiger partial charge on any atom is -0.491 e. The summed E-state index contributed by atoms with van der Waals surface area (Å²) in [6.07, 6.45) is 0. The molecule has 22 heavy (non-hydrogen) atoms. The van der Waals surface area contributed by atoms with E-state index in [9.17, 15) is 4.79 Å². The summed E-state index contributed by atoms with van der Waals surface area (Å²) >= 11 is 17.7. The third kappa shape index (κ3) is 3.37. The van der Waals surface area contributed by atoms with Gasteiger partial charge in [0, 0.05) is 11.3 Å². The van der Waals surface area contributed by atoms with Gasteiger partial charge in [-0.25, -0.2) is 0 Å². The average molecular weight is 359 g/mol. The minimum absolute atomic E-state index is 0.0499. The van der Waals surface area contributed by atoms with Crippen molar-refractivity contribution in [2.24, 2.45) is 0 Å². The van der Waals surface area contributed by atoms with Crippen molar-refractivity contribution in [2.45, 2.75) is 26.8 Å². The monoisotopic (exact) mass is 358 g/mol. The standard InChI is InChI=1S/C15H16Cl2N2O2S/c1-4-21-14-10(16)5-9(6-11(14)17)13-12(8(3)20)7(2)18-15(22)19-13/h5-6,13H,4H2,1-3H3,(H2,18,19,22). The number of carbonyl (C=O) groups is 1. The number of thiocarbonyl (C=S) groups is 1. The quantitative estimate of drug-likeness (QED) is 0.802. The molecular weight excluding hydrogens is 343 g/mol. The van der Waals surface area contributed by atoms with Crippen LogP contribution in [0.25, 0.3) is 0 Å². The van der Waals surface area contributed by atoms with Crippen molar-refractivity contribution in [3.63, 3.8) is 0 Å². The first kappa shape index (κ1) is 17.1. The molecule has 118 valence electrons. The molecule has 2 N–H and O–H groups in total. The van der Waals surface area contributed by atoms with Gasteiger partial charge in [-0.3, -0.25) is 4.79 Å². The first-order valence-corrected chi connectivity index (χ1v) is 7.92. The van der Waals surface area contributed by atoms with Crippen LogP contribution in [0.15, 0.2) is 23.4 Å². The molecule has 1 aromatic rings. The van der Waals surface area contributed by atoms with Gasteiger partial charge in [-0.1, -0.05) is 23.2 Å². The van der Waals surface area contributed by atoms with Gasteiger partial charge in [0.15, 0.2) is 16.6 Å². The Hall–Kier alpha value is -1.30. The Labute approximate surface area is 144 Å². The molecule has 0 fully saturated rings. The highest BCUT2D eigenvalue weighted by Gasteiger charge is 2.28. The Kier molecular flexibility index (Phi) is 5.32. The lowest BCUT2D eigenvalue weighted by molar-refractivity contribution is -0.114. The van der Waals surface area contributed by atoms with E-state index in [2.05, 4.69) is 10.6 Å².